The van der Waals surface area contributed by atoms with Crippen molar-refractivity contribution in [3.63, 3.8) is 0 Å². The number of sulfonamides is 1. The van der Waals surface area contributed by atoms with Gasteiger partial charge in [-0.2, -0.15) is 0 Å². The Hall–Kier alpha value is -0.730. The fraction of sp³-hybridized carbons (Fsp3) is 0.600. The van der Waals surface area contributed by atoms with E-state index in [0.717, 1.165) is 32.0 Å². The van der Waals surface area contributed by atoms with Crippen LogP contribution in [0, 0.1) is 18.7 Å². The molecule has 2 rings (SSSR count). The van der Waals surface area contributed by atoms with Gasteiger partial charge in [0.1, 0.15) is 10.7 Å². The number of benzene rings is 1. The van der Waals surface area contributed by atoms with E-state index in [0.29, 0.717) is 6.54 Å². The van der Waals surface area contributed by atoms with Crippen LogP contribution >= 0.6 is 11.6 Å². The number of nitrogens with zero attached hydrogens (tertiary/aromatic N) is 1. The first-order valence-electron chi connectivity index (χ1n) is 7.62. The normalized spacial score (nSPS) is 19.9. The molecule has 0 bridgehead atoms. The summed E-state index contributed by atoms with van der Waals surface area (Å²) in [4.78, 5) is 2.02. The average molecular weight is 365 g/mol. The standard InChI is InChI=1S/C15H22ClFN2O3S/c1-11-7-15(13(16)8-14(11)17)23(21,22)18-4-6-19-5-2-3-12(9-19)10-20/h7-8,12,18,20H,2-6,9-10H2,1H3/t12-/m0/s1. The fourth-order valence-electron chi connectivity index (χ4n) is 2.76. The van der Waals surface area contributed by atoms with E-state index in [4.69, 9.17) is 11.6 Å². The van der Waals surface area contributed by atoms with Crippen LogP contribution in [0.15, 0.2) is 17.0 Å². The van der Waals surface area contributed by atoms with Gasteiger partial charge in [0.25, 0.3) is 0 Å². The Morgan fingerprint density at radius 2 is 2.22 bits per heavy atom. The maximum atomic E-state index is 13.4. The van der Waals surface area contributed by atoms with Crippen LogP contribution < -0.4 is 4.72 Å². The van der Waals surface area contributed by atoms with Gasteiger partial charge in [0.05, 0.1) is 5.02 Å². The maximum absolute atomic E-state index is 13.4. The van der Waals surface area contributed by atoms with Crippen molar-refractivity contribution in [2.45, 2.75) is 24.7 Å². The lowest BCUT2D eigenvalue weighted by atomic mass is 9.99. The maximum Gasteiger partial charge on any atom is 0.242 e. The summed E-state index contributed by atoms with van der Waals surface area (Å²) in [6.07, 6.45) is 2.00. The minimum atomic E-state index is -3.77. The van der Waals surface area contributed by atoms with E-state index in [1.165, 1.54) is 13.0 Å². The number of likely N-dealkylation sites (tertiary alicyclic amines) is 1. The second-order valence-corrected chi connectivity index (χ2v) is 8.06. The average Bonchev–Trinajstić information content (AvgIpc) is 2.50. The zero-order valence-electron chi connectivity index (χ0n) is 13.1. The zero-order valence-corrected chi connectivity index (χ0v) is 14.6. The van der Waals surface area contributed by atoms with Crippen molar-refractivity contribution in [1.29, 1.82) is 0 Å². The highest BCUT2D eigenvalue weighted by Crippen LogP contribution is 2.24. The summed E-state index contributed by atoms with van der Waals surface area (Å²) >= 11 is 5.85. The van der Waals surface area contributed by atoms with Crippen molar-refractivity contribution in [1.82, 2.24) is 9.62 Å². The lowest BCUT2D eigenvalue weighted by Crippen LogP contribution is -2.41. The molecule has 1 atom stereocenters. The molecule has 0 saturated carbocycles. The first-order valence-corrected chi connectivity index (χ1v) is 9.48. The summed E-state index contributed by atoms with van der Waals surface area (Å²) in [6.45, 7) is 4.13. The Labute approximate surface area is 141 Å². The molecular formula is C15H22ClFN2O3S. The van der Waals surface area contributed by atoms with Crippen LogP contribution in [-0.4, -0.2) is 51.2 Å². The molecule has 23 heavy (non-hydrogen) atoms. The second-order valence-electron chi connectivity index (χ2n) is 5.92. The van der Waals surface area contributed by atoms with Crippen LogP contribution in [0.5, 0.6) is 0 Å². The Bertz CT molecular complexity index is 654. The molecular weight excluding hydrogens is 343 g/mol. The van der Waals surface area contributed by atoms with Gasteiger partial charge in [-0.1, -0.05) is 11.6 Å². The highest BCUT2D eigenvalue weighted by Gasteiger charge is 2.22. The molecule has 0 spiro atoms. The molecule has 0 aromatic heterocycles. The zero-order chi connectivity index (χ0) is 17.0. The van der Waals surface area contributed by atoms with Gasteiger partial charge in [0.2, 0.25) is 10.0 Å². The first kappa shape index (κ1) is 18.6. The number of halogens is 2. The van der Waals surface area contributed by atoms with Crippen molar-refractivity contribution in [2.75, 3.05) is 32.8 Å². The third kappa shape index (κ3) is 4.87. The van der Waals surface area contributed by atoms with Crippen molar-refractivity contribution in [3.05, 3.63) is 28.5 Å². The summed E-state index contributed by atoms with van der Waals surface area (Å²) in [7, 11) is -3.77. The van der Waals surface area contributed by atoms with Crippen molar-refractivity contribution < 1.29 is 17.9 Å². The smallest absolute Gasteiger partial charge is 0.242 e. The third-order valence-electron chi connectivity index (χ3n) is 4.08. The first-order chi connectivity index (χ1) is 10.8. The lowest BCUT2D eigenvalue weighted by Gasteiger charge is -2.31. The molecule has 1 aliphatic rings. The van der Waals surface area contributed by atoms with Gasteiger partial charge in [-0.05, 0) is 49.9 Å². The molecule has 1 fully saturated rings. The quantitative estimate of drug-likeness (QED) is 0.807. The van der Waals surface area contributed by atoms with Crippen molar-refractivity contribution in [2.24, 2.45) is 5.92 Å². The Balaban J connectivity index is 1.95. The summed E-state index contributed by atoms with van der Waals surface area (Å²) in [5, 5.41) is 9.08. The monoisotopic (exact) mass is 364 g/mol. The van der Waals surface area contributed by atoms with Crippen LogP contribution in [0.2, 0.25) is 5.02 Å². The fourth-order valence-corrected chi connectivity index (χ4v) is 4.37. The predicted molar refractivity (Wildman–Crippen MR) is 87.6 cm³/mol. The number of rotatable bonds is 6. The Kier molecular flexibility index (Phi) is 6.39. The minimum Gasteiger partial charge on any atom is -0.396 e. The highest BCUT2D eigenvalue weighted by molar-refractivity contribution is 7.89. The SMILES string of the molecule is Cc1cc(S(=O)(=O)NCCN2CCC[C@H](CO)C2)c(Cl)cc1F. The van der Waals surface area contributed by atoms with Gasteiger partial charge in [-0.15, -0.1) is 0 Å². The van der Waals surface area contributed by atoms with Crippen molar-refractivity contribution >= 4 is 21.6 Å². The Morgan fingerprint density at radius 3 is 2.91 bits per heavy atom. The van der Waals surface area contributed by atoms with E-state index in [1.54, 1.807) is 0 Å². The number of hydrogen-bond donors (Lipinski definition) is 2. The molecule has 1 saturated heterocycles. The summed E-state index contributed by atoms with van der Waals surface area (Å²) in [5.41, 5.74) is 0.233. The third-order valence-corrected chi connectivity index (χ3v) is 6.01. The summed E-state index contributed by atoms with van der Waals surface area (Å²) in [5.74, 6) is -0.271. The lowest BCUT2D eigenvalue weighted by molar-refractivity contribution is 0.122. The van der Waals surface area contributed by atoms with Crippen molar-refractivity contribution in [3.8, 4) is 0 Å². The molecule has 0 aliphatic carbocycles. The summed E-state index contributed by atoms with van der Waals surface area (Å²) < 4.78 is 40.5. The largest absolute Gasteiger partial charge is 0.396 e. The van der Waals surface area contributed by atoms with E-state index < -0.39 is 15.8 Å². The molecule has 1 aromatic carbocycles. The molecule has 5 nitrogen and oxygen atoms in total. The van der Waals surface area contributed by atoms with E-state index in [1.807, 2.05) is 0 Å². The van der Waals surface area contributed by atoms with E-state index in [-0.39, 0.29) is 34.6 Å². The topological polar surface area (TPSA) is 69.6 Å². The van der Waals surface area contributed by atoms with Gasteiger partial charge >= 0.3 is 0 Å². The van der Waals surface area contributed by atoms with E-state index >= 15 is 0 Å². The number of aryl methyl sites for hydroxylation is 1. The number of aliphatic hydroxyl groups is 1. The minimum absolute atomic E-state index is 0.107. The van der Waals surface area contributed by atoms with Gasteiger partial charge in [-0.3, -0.25) is 0 Å². The van der Waals surface area contributed by atoms with Gasteiger partial charge in [0.15, 0.2) is 0 Å². The molecule has 8 heteroatoms. The van der Waals surface area contributed by atoms with Crippen LogP contribution in [0.4, 0.5) is 4.39 Å². The molecule has 0 amide bonds. The van der Waals surface area contributed by atoms with Crippen LogP contribution in [0.25, 0.3) is 0 Å². The number of aliphatic hydroxyl groups excluding tert-OH is 1. The molecule has 1 aromatic rings. The van der Waals surface area contributed by atoms with Crippen LogP contribution in [0.3, 0.4) is 0 Å². The van der Waals surface area contributed by atoms with Gasteiger partial charge < -0.3 is 10.0 Å². The van der Waals surface area contributed by atoms with Gasteiger partial charge in [0, 0.05) is 26.2 Å². The molecule has 130 valence electrons. The summed E-state index contributed by atoms with van der Waals surface area (Å²) in [6, 6.07) is 2.25. The molecule has 0 radical (unpaired) electrons. The highest BCUT2D eigenvalue weighted by atomic mass is 35.5. The number of nitrogens with one attached hydrogen (secondary N) is 1. The molecule has 0 unspecified atom stereocenters. The van der Waals surface area contributed by atoms with E-state index in [9.17, 15) is 17.9 Å². The molecule has 2 N–H and O–H groups in total. The predicted octanol–water partition coefficient (Wildman–Crippen LogP) is 1.77. The van der Waals surface area contributed by atoms with Gasteiger partial charge in [-0.25, -0.2) is 17.5 Å². The molecule has 1 heterocycles. The van der Waals surface area contributed by atoms with E-state index in [2.05, 4.69) is 9.62 Å². The number of piperidine rings is 1. The van der Waals surface area contributed by atoms with Crippen LogP contribution in [-0.2, 0) is 10.0 Å². The van der Waals surface area contributed by atoms with Crippen LogP contribution in [0.1, 0.15) is 18.4 Å². The number of hydrogen-bond acceptors (Lipinski definition) is 4. The Morgan fingerprint density at radius 1 is 1.48 bits per heavy atom. The molecule has 1 aliphatic heterocycles. The second kappa shape index (κ2) is 7.90.